The summed E-state index contributed by atoms with van der Waals surface area (Å²) in [6.45, 7) is 4.34. The zero-order valence-corrected chi connectivity index (χ0v) is 18.8. The van der Waals surface area contributed by atoms with Crippen molar-refractivity contribution in [1.82, 2.24) is 14.8 Å². The number of methoxy groups -OCH3 is 1. The topological polar surface area (TPSA) is 78.3 Å². The third-order valence-electron chi connectivity index (χ3n) is 4.38. The maximum Gasteiger partial charge on any atom is 0.234 e. The predicted molar refractivity (Wildman–Crippen MR) is 119 cm³/mol. The molecule has 0 bridgehead atoms. The molecule has 3 aromatic rings. The molecule has 0 radical (unpaired) electrons. The lowest BCUT2D eigenvalue weighted by molar-refractivity contribution is -0.113. The van der Waals surface area contributed by atoms with E-state index in [1.54, 1.807) is 18.2 Å². The SMILES string of the molecule is COc1ccc(Cl)cc1NC(=O)CSc1nnc(COc2ccc(C)cc2C)n1C. The van der Waals surface area contributed by atoms with E-state index in [-0.39, 0.29) is 11.7 Å². The van der Waals surface area contributed by atoms with Crippen molar-refractivity contribution in [2.45, 2.75) is 25.6 Å². The summed E-state index contributed by atoms with van der Waals surface area (Å²) in [4.78, 5) is 12.3. The molecule has 158 valence electrons. The second kappa shape index (κ2) is 9.86. The number of carbonyl (C=O) groups is 1. The molecule has 0 saturated heterocycles. The molecule has 30 heavy (non-hydrogen) atoms. The van der Waals surface area contributed by atoms with Crippen LogP contribution in [-0.2, 0) is 18.4 Å². The highest BCUT2D eigenvalue weighted by molar-refractivity contribution is 7.99. The van der Waals surface area contributed by atoms with E-state index in [0.29, 0.717) is 34.0 Å². The van der Waals surface area contributed by atoms with Crippen LogP contribution in [0.4, 0.5) is 5.69 Å². The van der Waals surface area contributed by atoms with Crippen LogP contribution < -0.4 is 14.8 Å². The average molecular weight is 447 g/mol. The molecule has 0 fully saturated rings. The number of hydrogen-bond acceptors (Lipinski definition) is 6. The van der Waals surface area contributed by atoms with Gasteiger partial charge in [0, 0.05) is 12.1 Å². The first-order chi connectivity index (χ1) is 14.4. The van der Waals surface area contributed by atoms with E-state index >= 15 is 0 Å². The van der Waals surface area contributed by atoms with Gasteiger partial charge in [0.2, 0.25) is 5.91 Å². The van der Waals surface area contributed by atoms with Crippen molar-refractivity contribution in [1.29, 1.82) is 0 Å². The fourth-order valence-electron chi connectivity index (χ4n) is 2.79. The van der Waals surface area contributed by atoms with Crippen molar-refractivity contribution < 1.29 is 14.3 Å². The van der Waals surface area contributed by atoms with Crippen LogP contribution in [0.15, 0.2) is 41.6 Å². The van der Waals surface area contributed by atoms with E-state index in [1.807, 2.05) is 37.6 Å². The molecule has 0 saturated carbocycles. The van der Waals surface area contributed by atoms with Gasteiger partial charge in [0.05, 0.1) is 18.6 Å². The molecule has 9 heteroatoms. The number of carbonyl (C=O) groups excluding carboxylic acids is 1. The van der Waals surface area contributed by atoms with Crippen LogP contribution in [0.2, 0.25) is 5.02 Å². The van der Waals surface area contributed by atoms with Gasteiger partial charge in [0.15, 0.2) is 11.0 Å². The Hall–Kier alpha value is -2.71. The molecular formula is C21H23ClN4O3S. The molecule has 0 unspecified atom stereocenters. The smallest absolute Gasteiger partial charge is 0.234 e. The van der Waals surface area contributed by atoms with E-state index in [1.165, 1.54) is 24.4 Å². The van der Waals surface area contributed by atoms with Gasteiger partial charge in [-0.3, -0.25) is 4.79 Å². The molecule has 0 aliphatic carbocycles. The number of ether oxygens (including phenoxy) is 2. The maximum absolute atomic E-state index is 12.3. The number of nitrogens with one attached hydrogen (secondary N) is 1. The Balaban J connectivity index is 1.57. The van der Waals surface area contributed by atoms with Crippen molar-refractivity contribution in [3.8, 4) is 11.5 Å². The highest BCUT2D eigenvalue weighted by Crippen LogP contribution is 2.28. The number of anilines is 1. The van der Waals surface area contributed by atoms with Gasteiger partial charge in [-0.05, 0) is 43.7 Å². The Labute approximate surface area is 184 Å². The summed E-state index contributed by atoms with van der Waals surface area (Å²) < 4.78 is 12.9. The molecule has 2 aromatic carbocycles. The number of thioether (sulfide) groups is 1. The number of nitrogens with zero attached hydrogens (tertiary/aromatic N) is 3. The first kappa shape index (κ1) is 22.0. The van der Waals surface area contributed by atoms with Crippen LogP contribution in [0.25, 0.3) is 0 Å². The monoisotopic (exact) mass is 446 g/mol. The quantitative estimate of drug-likeness (QED) is 0.516. The van der Waals surface area contributed by atoms with Gasteiger partial charge in [-0.15, -0.1) is 10.2 Å². The first-order valence-corrected chi connectivity index (χ1v) is 10.6. The minimum Gasteiger partial charge on any atom is -0.495 e. The number of benzene rings is 2. The van der Waals surface area contributed by atoms with Gasteiger partial charge in [-0.2, -0.15) is 0 Å². The fraction of sp³-hybridized carbons (Fsp3) is 0.286. The molecule has 1 N–H and O–H groups in total. The van der Waals surface area contributed by atoms with E-state index in [0.717, 1.165) is 11.3 Å². The lowest BCUT2D eigenvalue weighted by atomic mass is 10.1. The molecule has 0 spiro atoms. The van der Waals surface area contributed by atoms with Crippen LogP contribution in [0.3, 0.4) is 0 Å². The normalized spacial score (nSPS) is 10.7. The Morgan fingerprint density at radius 3 is 2.67 bits per heavy atom. The van der Waals surface area contributed by atoms with Crippen LogP contribution in [0.5, 0.6) is 11.5 Å². The second-order valence-electron chi connectivity index (χ2n) is 6.70. The Kier molecular flexibility index (Phi) is 7.23. The van der Waals surface area contributed by atoms with Crippen molar-refractivity contribution >= 4 is 35.0 Å². The second-order valence-corrected chi connectivity index (χ2v) is 8.08. The number of amides is 1. The summed E-state index contributed by atoms with van der Waals surface area (Å²) in [6.07, 6.45) is 0. The highest BCUT2D eigenvalue weighted by atomic mass is 35.5. The van der Waals surface area contributed by atoms with Gasteiger partial charge in [0.25, 0.3) is 0 Å². The third-order valence-corrected chi connectivity index (χ3v) is 5.64. The number of aromatic nitrogens is 3. The highest BCUT2D eigenvalue weighted by Gasteiger charge is 2.14. The van der Waals surface area contributed by atoms with Crippen molar-refractivity contribution in [3.05, 3.63) is 58.4 Å². The van der Waals surface area contributed by atoms with Gasteiger partial charge in [-0.1, -0.05) is 41.1 Å². The molecule has 1 heterocycles. The van der Waals surface area contributed by atoms with Gasteiger partial charge in [0.1, 0.15) is 18.1 Å². The summed E-state index contributed by atoms with van der Waals surface area (Å²) >= 11 is 7.29. The fourth-order valence-corrected chi connectivity index (χ4v) is 3.70. The molecule has 0 aliphatic rings. The Morgan fingerprint density at radius 1 is 1.17 bits per heavy atom. The largest absolute Gasteiger partial charge is 0.495 e. The van der Waals surface area contributed by atoms with E-state index < -0.39 is 0 Å². The van der Waals surface area contributed by atoms with Crippen LogP contribution in [0, 0.1) is 13.8 Å². The summed E-state index contributed by atoms with van der Waals surface area (Å²) in [5.74, 6) is 2.00. The molecule has 3 rings (SSSR count). The molecule has 0 aliphatic heterocycles. The van der Waals surface area contributed by atoms with Gasteiger partial charge >= 0.3 is 0 Å². The molecule has 1 aromatic heterocycles. The van der Waals surface area contributed by atoms with E-state index in [2.05, 4.69) is 21.6 Å². The minimum atomic E-state index is -0.198. The number of aryl methyl sites for hydroxylation is 2. The lowest BCUT2D eigenvalue weighted by Crippen LogP contribution is -2.15. The van der Waals surface area contributed by atoms with Crippen LogP contribution in [0.1, 0.15) is 17.0 Å². The van der Waals surface area contributed by atoms with Crippen LogP contribution in [-0.4, -0.2) is 33.5 Å². The lowest BCUT2D eigenvalue weighted by Gasteiger charge is -2.11. The number of rotatable bonds is 8. The van der Waals surface area contributed by atoms with Gasteiger partial charge < -0.3 is 19.4 Å². The Bertz CT molecular complexity index is 1050. The predicted octanol–water partition coefficient (Wildman–Crippen LogP) is 4.40. The van der Waals surface area contributed by atoms with Crippen molar-refractivity contribution in [2.24, 2.45) is 7.05 Å². The zero-order chi connectivity index (χ0) is 21.7. The van der Waals surface area contributed by atoms with Crippen molar-refractivity contribution in [2.75, 3.05) is 18.2 Å². The molecular weight excluding hydrogens is 424 g/mol. The summed E-state index contributed by atoms with van der Waals surface area (Å²) in [6, 6.07) is 11.1. The third kappa shape index (κ3) is 5.46. The minimum absolute atomic E-state index is 0.166. The van der Waals surface area contributed by atoms with Crippen molar-refractivity contribution in [3.63, 3.8) is 0 Å². The Morgan fingerprint density at radius 2 is 1.93 bits per heavy atom. The number of halogens is 1. The molecule has 1 amide bonds. The first-order valence-electron chi connectivity index (χ1n) is 9.22. The summed E-state index contributed by atoms with van der Waals surface area (Å²) in [7, 11) is 3.38. The molecule has 7 nitrogen and oxygen atoms in total. The average Bonchev–Trinajstić information content (AvgIpc) is 3.05. The number of hydrogen-bond donors (Lipinski definition) is 1. The van der Waals surface area contributed by atoms with E-state index in [4.69, 9.17) is 21.1 Å². The standard InChI is InChI=1S/C21H23ClN4O3S/c1-13-5-7-17(14(2)9-13)29-11-19-24-25-21(26(19)3)30-12-20(27)23-16-10-15(22)6-8-18(16)28-4/h5-10H,11-12H2,1-4H3,(H,23,27). The summed E-state index contributed by atoms with van der Waals surface area (Å²) in [5, 5.41) is 12.3. The van der Waals surface area contributed by atoms with E-state index in [9.17, 15) is 4.79 Å². The van der Waals surface area contributed by atoms with Gasteiger partial charge in [-0.25, -0.2) is 0 Å². The molecule has 0 atom stereocenters. The van der Waals surface area contributed by atoms with Crippen LogP contribution >= 0.6 is 23.4 Å². The summed E-state index contributed by atoms with van der Waals surface area (Å²) in [5.41, 5.74) is 2.78. The maximum atomic E-state index is 12.3. The zero-order valence-electron chi connectivity index (χ0n) is 17.2.